The zero-order valence-electron chi connectivity index (χ0n) is 15.6. The summed E-state index contributed by atoms with van der Waals surface area (Å²) in [7, 11) is 1.53. The number of carboxylic acids is 1. The molecule has 1 aromatic carbocycles. The highest BCUT2D eigenvalue weighted by molar-refractivity contribution is 5.97. The highest BCUT2D eigenvalue weighted by Gasteiger charge is 2.35. The van der Waals surface area contributed by atoms with Crippen LogP contribution in [0.5, 0.6) is 0 Å². The number of halogens is 2. The minimum atomic E-state index is -1.37. The molecule has 0 spiro atoms. The minimum absolute atomic E-state index is 0.00379. The molecule has 2 aromatic heterocycles. The SMILES string of the molecule is Cn1cc(C(=O)O)c(=O)c2cc3cc(F)c(N4CC(NC5CC5)C4)c(F)c3nc21. The van der Waals surface area contributed by atoms with Crippen LogP contribution in [0.4, 0.5) is 14.5 Å². The van der Waals surface area contributed by atoms with Crippen LogP contribution in [-0.4, -0.2) is 45.8 Å². The lowest BCUT2D eigenvalue weighted by atomic mass is 10.0. The number of anilines is 1. The molecule has 1 aliphatic carbocycles. The van der Waals surface area contributed by atoms with E-state index >= 15 is 4.39 Å². The predicted octanol–water partition coefficient (Wildman–Crippen LogP) is 2.00. The number of hydrogen-bond donors (Lipinski definition) is 2. The summed E-state index contributed by atoms with van der Waals surface area (Å²) in [6, 6.07) is 3.19. The smallest absolute Gasteiger partial charge is 0.341 e. The maximum Gasteiger partial charge on any atom is 0.341 e. The Morgan fingerprint density at radius 2 is 1.97 bits per heavy atom. The average molecular weight is 400 g/mol. The maximum absolute atomic E-state index is 15.2. The van der Waals surface area contributed by atoms with E-state index in [1.807, 2.05) is 0 Å². The summed E-state index contributed by atoms with van der Waals surface area (Å²) in [4.78, 5) is 29.6. The van der Waals surface area contributed by atoms with Gasteiger partial charge in [0.15, 0.2) is 5.82 Å². The van der Waals surface area contributed by atoms with Gasteiger partial charge in [-0.1, -0.05) is 0 Å². The van der Waals surface area contributed by atoms with Gasteiger partial charge in [-0.2, -0.15) is 0 Å². The van der Waals surface area contributed by atoms with Gasteiger partial charge < -0.3 is 19.9 Å². The fourth-order valence-corrected chi connectivity index (χ4v) is 3.91. The van der Waals surface area contributed by atoms with Crippen LogP contribution >= 0.6 is 0 Å². The first-order valence-corrected chi connectivity index (χ1v) is 9.40. The van der Waals surface area contributed by atoms with Crippen molar-refractivity contribution in [1.29, 1.82) is 0 Å². The molecule has 0 bridgehead atoms. The van der Waals surface area contributed by atoms with Crippen LogP contribution < -0.4 is 15.6 Å². The van der Waals surface area contributed by atoms with E-state index in [0.29, 0.717) is 19.1 Å². The molecule has 3 heterocycles. The topological polar surface area (TPSA) is 87.5 Å². The predicted molar refractivity (Wildman–Crippen MR) is 104 cm³/mol. The Morgan fingerprint density at radius 3 is 2.62 bits per heavy atom. The number of nitrogens with one attached hydrogen (secondary N) is 1. The minimum Gasteiger partial charge on any atom is -0.477 e. The number of aromatic carboxylic acids is 1. The number of pyridine rings is 2. The Morgan fingerprint density at radius 1 is 1.24 bits per heavy atom. The van der Waals surface area contributed by atoms with Crippen LogP contribution in [0.25, 0.3) is 21.9 Å². The lowest BCUT2D eigenvalue weighted by Crippen LogP contribution is -2.59. The number of benzene rings is 1. The number of aromatic nitrogens is 2. The van der Waals surface area contributed by atoms with Gasteiger partial charge in [0, 0.05) is 43.8 Å². The van der Waals surface area contributed by atoms with Crippen LogP contribution in [-0.2, 0) is 7.05 Å². The number of fused-ring (bicyclic) bond motifs is 2. The van der Waals surface area contributed by atoms with E-state index in [-0.39, 0.29) is 33.7 Å². The fourth-order valence-electron chi connectivity index (χ4n) is 3.91. The normalized spacial score (nSPS) is 17.1. The molecule has 0 amide bonds. The summed E-state index contributed by atoms with van der Waals surface area (Å²) in [5.41, 5.74) is -1.19. The summed E-state index contributed by atoms with van der Waals surface area (Å²) >= 11 is 0. The molecule has 2 fully saturated rings. The first-order valence-electron chi connectivity index (χ1n) is 9.40. The molecule has 1 saturated carbocycles. The molecule has 0 atom stereocenters. The van der Waals surface area contributed by atoms with Crippen molar-refractivity contribution in [2.75, 3.05) is 18.0 Å². The summed E-state index contributed by atoms with van der Waals surface area (Å²) in [5, 5.41) is 12.7. The third-order valence-electron chi connectivity index (χ3n) is 5.58. The fraction of sp³-hybridized carbons (Fsp3) is 0.350. The molecule has 9 heteroatoms. The van der Waals surface area contributed by atoms with Crippen molar-refractivity contribution in [2.45, 2.75) is 24.9 Å². The molecule has 0 unspecified atom stereocenters. The average Bonchev–Trinajstić information content (AvgIpc) is 3.45. The summed E-state index contributed by atoms with van der Waals surface area (Å²) in [6.45, 7) is 1.04. The quantitative estimate of drug-likeness (QED) is 0.652. The van der Waals surface area contributed by atoms with Crippen molar-refractivity contribution in [1.82, 2.24) is 14.9 Å². The van der Waals surface area contributed by atoms with E-state index in [1.165, 1.54) is 17.7 Å². The summed E-state index contributed by atoms with van der Waals surface area (Å²) in [5.74, 6) is -2.87. The second kappa shape index (κ2) is 6.21. The number of hydrogen-bond acceptors (Lipinski definition) is 5. The lowest BCUT2D eigenvalue weighted by Gasteiger charge is -2.41. The van der Waals surface area contributed by atoms with Crippen molar-refractivity contribution in [2.24, 2.45) is 7.05 Å². The molecule has 2 N–H and O–H groups in total. The Kier molecular flexibility index (Phi) is 3.86. The van der Waals surface area contributed by atoms with Gasteiger partial charge >= 0.3 is 5.97 Å². The molecule has 5 rings (SSSR count). The van der Waals surface area contributed by atoms with Crippen LogP contribution in [0.2, 0.25) is 0 Å². The highest BCUT2D eigenvalue weighted by atomic mass is 19.1. The van der Waals surface area contributed by atoms with Crippen molar-refractivity contribution >= 4 is 33.6 Å². The maximum atomic E-state index is 15.2. The number of rotatable bonds is 4. The van der Waals surface area contributed by atoms with Crippen molar-refractivity contribution in [3.63, 3.8) is 0 Å². The van der Waals surface area contributed by atoms with E-state index in [0.717, 1.165) is 25.1 Å². The number of nitrogens with zero attached hydrogens (tertiary/aromatic N) is 3. The third-order valence-corrected chi connectivity index (χ3v) is 5.58. The van der Waals surface area contributed by atoms with Gasteiger partial charge in [0.2, 0.25) is 5.43 Å². The largest absolute Gasteiger partial charge is 0.477 e. The highest BCUT2D eigenvalue weighted by Crippen LogP contribution is 2.34. The molecule has 29 heavy (non-hydrogen) atoms. The summed E-state index contributed by atoms with van der Waals surface area (Å²) < 4.78 is 31.3. The van der Waals surface area contributed by atoms with E-state index in [2.05, 4.69) is 10.3 Å². The molecule has 7 nitrogen and oxygen atoms in total. The Bertz CT molecular complexity index is 1250. The van der Waals surface area contributed by atoms with E-state index in [1.54, 1.807) is 4.90 Å². The van der Waals surface area contributed by atoms with Crippen molar-refractivity contribution < 1.29 is 18.7 Å². The standard InChI is InChI=1S/C20H18F2N4O3/c1-25-8-13(20(28)29)18(27)12-4-9-5-14(21)17(15(22)16(9)24-19(12)25)26-6-11(7-26)23-10-2-3-10/h4-5,8,10-11,23H,2-3,6-7H2,1H3,(H,28,29). The first kappa shape index (κ1) is 18.0. The second-order valence-electron chi connectivity index (χ2n) is 7.78. The summed E-state index contributed by atoms with van der Waals surface area (Å²) in [6.07, 6.45) is 3.45. The van der Waals surface area contributed by atoms with Gasteiger partial charge in [-0.15, -0.1) is 0 Å². The molecule has 0 radical (unpaired) electrons. The van der Waals surface area contributed by atoms with Crippen LogP contribution in [0, 0.1) is 11.6 Å². The van der Waals surface area contributed by atoms with E-state index < -0.39 is 28.6 Å². The van der Waals surface area contributed by atoms with E-state index in [4.69, 9.17) is 0 Å². The first-order chi connectivity index (χ1) is 13.8. The molecule has 150 valence electrons. The molecule has 3 aromatic rings. The van der Waals surface area contributed by atoms with Crippen molar-refractivity contribution in [3.05, 3.63) is 45.8 Å². The Hall–Kier alpha value is -3.07. The third kappa shape index (κ3) is 2.84. The van der Waals surface area contributed by atoms with Gasteiger partial charge in [0.05, 0.1) is 5.39 Å². The molecular weight excluding hydrogens is 382 g/mol. The Labute approximate surface area is 163 Å². The second-order valence-corrected chi connectivity index (χ2v) is 7.78. The van der Waals surface area contributed by atoms with Gasteiger partial charge in [0.25, 0.3) is 0 Å². The lowest BCUT2D eigenvalue weighted by molar-refractivity contribution is 0.0695. The zero-order chi connectivity index (χ0) is 20.4. The van der Waals surface area contributed by atoms with Crippen LogP contribution in [0.3, 0.4) is 0 Å². The van der Waals surface area contributed by atoms with Gasteiger partial charge in [-0.3, -0.25) is 4.79 Å². The van der Waals surface area contributed by atoms with Crippen LogP contribution in [0.1, 0.15) is 23.2 Å². The Balaban J connectivity index is 1.62. The van der Waals surface area contributed by atoms with Gasteiger partial charge in [-0.05, 0) is 25.0 Å². The number of aryl methyl sites for hydroxylation is 1. The number of carboxylic acid groups (broad SMARTS) is 1. The molecule has 2 aliphatic rings. The molecule has 1 aliphatic heterocycles. The van der Waals surface area contributed by atoms with E-state index in [9.17, 15) is 19.1 Å². The zero-order valence-corrected chi connectivity index (χ0v) is 15.6. The monoisotopic (exact) mass is 400 g/mol. The molecule has 1 saturated heterocycles. The van der Waals surface area contributed by atoms with Gasteiger partial charge in [-0.25, -0.2) is 18.6 Å². The number of carbonyl (C=O) groups is 1. The van der Waals surface area contributed by atoms with Gasteiger partial charge in [0.1, 0.15) is 28.2 Å². The molecular formula is C20H18F2N4O3. The van der Waals surface area contributed by atoms with Crippen LogP contribution in [0.15, 0.2) is 23.1 Å². The van der Waals surface area contributed by atoms with Crippen molar-refractivity contribution in [3.8, 4) is 0 Å².